The van der Waals surface area contributed by atoms with E-state index in [1.807, 2.05) is 0 Å². The Kier molecular flexibility index (Phi) is 3.44. The predicted octanol–water partition coefficient (Wildman–Crippen LogP) is -0.406. The monoisotopic (exact) mass is 164 g/mol. The molecule has 2 N–H and O–H groups in total. The van der Waals surface area contributed by atoms with Crippen LogP contribution in [-0.4, -0.2) is 28.7 Å². The summed E-state index contributed by atoms with van der Waals surface area (Å²) in [5.41, 5.74) is 0. The van der Waals surface area contributed by atoms with Gasteiger partial charge in [-0.3, -0.25) is 0 Å². The van der Waals surface area contributed by atoms with Gasteiger partial charge in [0.1, 0.15) is 18.3 Å². The van der Waals surface area contributed by atoms with Crippen molar-refractivity contribution >= 4 is 11.5 Å². The summed E-state index contributed by atoms with van der Waals surface area (Å²) in [5, 5.41) is 5.15. The average Bonchev–Trinajstić information content (AvgIpc) is 2.12. The first-order valence-corrected chi connectivity index (χ1v) is 4.46. The van der Waals surface area contributed by atoms with E-state index in [0.717, 1.165) is 26.0 Å². The molecule has 0 bridgehead atoms. The molecule has 0 spiro atoms. The number of hydrogen-bond acceptors (Lipinski definition) is 4. The third-order valence-electron chi connectivity index (χ3n) is 1.44. The van der Waals surface area contributed by atoms with Gasteiger partial charge in [-0.15, -0.1) is 5.14 Å². The fraction of sp³-hybridized carbons (Fsp3) is 1.00. The number of ether oxygens (including phenoxy) is 1. The second-order valence-electron chi connectivity index (χ2n) is 2.23. The maximum atomic E-state index is 10.7. The molecule has 10 heavy (non-hydrogen) atoms. The molecule has 0 aliphatic carbocycles. The molecule has 1 aliphatic rings. The molecular formula is C5H12N2O2S. The van der Waals surface area contributed by atoms with Crippen LogP contribution in [0.2, 0.25) is 0 Å². The van der Waals surface area contributed by atoms with Gasteiger partial charge in [-0.25, -0.2) is 0 Å². The maximum Gasteiger partial charge on any atom is 0.144 e. The molecule has 0 aromatic carbocycles. The summed E-state index contributed by atoms with van der Waals surface area (Å²) in [4.78, 5) is 0. The molecule has 1 rings (SSSR count). The van der Waals surface area contributed by atoms with Crippen LogP contribution in [0.15, 0.2) is 0 Å². The third-order valence-corrected chi connectivity index (χ3v) is 2.23. The second-order valence-corrected chi connectivity index (χ2v) is 3.29. The van der Waals surface area contributed by atoms with Crippen LogP contribution in [0.3, 0.4) is 0 Å². The second kappa shape index (κ2) is 4.15. The van der Waals surface area contributed by atoms with E-state index in [0.29, 0.717) is 6.73 Å². The van der Waals surface area contributed by atoms with E-state index in [1.165, 1.54) is 0 Å². The topological polar surface area (TPSA) is 61.5 Å². The Bertz CT molecular complexity index is 93.6. The molecule has 0 radical (unpaired) electrons. The molecule has 1 atom stereocenters. The first kappa shape index (κ1) is 8.29. The fourth-order valence-electron chi connectivity index (χ4n) is 0.865. The molecule has 0 aromatic heterocycles. The molecule has 0 aromatic rings. The number of nitrogens with zero attached hydrogens (tertiary/aromatic N) is 1. The Hall–Kier alpha value is 0.190. The van der Waals surface area contributed by atoms with Gasteiger partial charge < -0.3 is 9.29 Å². The Balaban J connectivity index is 2.28. The summed E-state index contributed by atoms with van der Waals surface area (Å²) in [6, 6.07) is 0. The lowest BCUT2D eigenvalue weighted by molar-refractivity contribution is 0.0913. The van der Waals surface area contributed by atoms with Gasteiger partial charge in [-0.2, -0.15) is 0 Å². The van der Waals surface area contributed by atoms with Gasteiger partial charge in [0.2, 0.25) is 0 Å². The standard InChI is InChI=1S/C5H12N2O2S/c6-10(8)7-3-1-2-4-9-5-7/h1-6H2. The summed E-state index contributed by atoms with van der Waals surface area (Å²) < 4.78 is 17.4. The van der Waals surface area contributed by atoms with Crippen LogP contribution in [0.4, 0.5) is 0 Å². The van der Waals surface area contributed by atoms with Crippen molar-refractivity contribution in [3.63, 3.8) is 0 Å². The van der Waals surface area contributed by atoms with E-state index in [2.05, 4.69) is 0 Å². The van der Waals surface area contributed by atoms with Crippen LogP contribution in [0.5, 0.6) is 0 Å². The molecule has 4 nitrogen and oxygen atoms in total. The minimum atomic E-state index is -1.35. The number of hydrogen-bond donors (Lipinski definition) is 1. The lowest BCUT2D eigenvalue weighted by Gasteiger charge is -2.16. The van der Waals surface area contributed by atoms with E-state index in [1.54, 1.807) is 4.31 Å². The normalized spacial score (nSPS) is 25.8. The van der Waals surface area contributed by atoms with Crippen molar-refractivity contribution in [1.29, 1.82) is 0 Å². The largest absolute Gasteiger partial charge is 0.579 e. The summed E-state index contributed by atoms with van der Waals surface area (Å²) >= 11 is -1.35. The molecule has 1 heterocycles. The molecular weight excluding hydrogens is 152 g/mol. The van der Waals surface area contributed by atoms with Crippen LogP contribution in [0, 0.1) is 0 Å². The highest BCUT2D eigenvalue weighted by atomic mass is 32.2. The number of rotatable bonds is 1. The third kappa shape index (κ3) is 2.43. The minimum absolute atomic E-state index is 0.406. The zero-order chi connectivity index (χ0) is 7.40. The lowest BCUT2D eigenvalue weighted by atomic mass is 10.3. The molecule has 0 saturated carbocycles. The summed E-state index contributed by atoms with van der Waals surface area (Å²) in [7, 11) is 0. The van der Waals surface area contributed by atoms with Crippen molar-refractivity contribution in [1.82, 2.24) is 4.31 Å². The van der Waals surface area contributed by atoms with Crippen molar-refractivity contribution in [3.8, 4) is 0 Å². The van der Waals surface area contributed by atoms with Crippen LogP contribution in [0.1, 0.15) is 12.8 Å². The molecule has 5 heteroatoms. The van der Waals surface area contributed by atoms with Crippen molar-refractivity contribution in [2.24, 2.45) is 5.14 Å². The SMILES string of the molecule is N[S+]([O-])N1CCCCOC1. The zero-order valence-electron chi connectivity index (χ0n) is 5.78. The Labute approximate surface area is 63.8 Å². The van der Waals surface area contributed by atoms with Gasteiger partial charge in [0.05, 0.1) is 0 Å². The van der Waals surface area contributed by atoms with Crippen molar-refractivity contribution in [2.75, 3.05) is 19.9 Å². The van der Waals surface area contributed by atoms with E-state index in [-0.39, 0.29) is 0 Å². The quantitative estimate of drug-likeness (QED) is 0.535. The van der Waals surface area contributed by atoms with Gasteiger partial charge in [0, 0.05) is 13.2 Å². The lowest BCUT2D eigenvalue weighted by Crippen LogP contribution is -2.37. The predicted molar refractivity (Wildman–Crippen MR) is 39.1 cm³/mol. The number of nitrogens with two attached hydrogens (primary N) is 1. The molecule has 1 aliphatic heterocycles. The maximum absolute atomic E-state index is 10.7. The Morgan fingerprint density at radius 3 is 3.00 bits per heavy atom. The molecule has 1 fully saturated rings. The van der Waals surface area contributed by atoms with Crippen molar-refractivity contribution < 1.29 is 9.29 Å². The van der Waals surface area contributed by atoms with Crippen LogP contribution >= 0.6 is 0 Å². The molecule has 1 unspecified atom stereocenters. The molecule has 1 saturated heterocycles. The smallest absolute Gasteiger partial charge is 0.144 e. The van der Waals surface area contributed by atoms with E-state index < -0.39 is 11.5 Å². The summed E-state index contributed by atoms with van der Waals surface area (Å²) in [5.74, 6) is 0. The first-order chi connectivity index (χ1) is 4.80. The average molecular weight is 164 g/mol. The fourth-order valence-corrected chi connectivity index (χ4v) is 1.35. The van der Waals surface area contributed by atoms with Crippen molar-refractivity contribution in [3.05, 3.63) is 0 Å². The van der Waals surface area contributed by atoms with E-state index in [4.69, 9.17) is 9.88 Å². The highest BCUT2D eigenvalue weighted by Gasteiger charge is 2.17. The Morgan fingerprint density at radius 2 is 2.30 bits per heavy atom. The van der Waals surface area contributed by atoms with Gasteiger partial charge in [-0.1, -0.05) is 4.31 Å². The van der Waals surface area contributed by atoms with Gasteiger partial charge in [0.15, 0.2) is 0 Å². The molecule has 0 amide bonds. The van der Waals surface area contributed by atoms with Gasteiger partial charge in [-0.05, 0) is 12.8 Å². The Morgan fingerprint density at radius 1 is 1.50 bits per heavy atom. The van der Waals surface area contributed by atoms with E-state index in [9.17, 15) is 4.55 Å². The zero-order valence-corrected chi connectivity index (χ0v) is 6.60. The van der Waals surface area contributed by atoms with E-state index >= 15 is 0 Å². The van der Waals surface area contributed by atoms with Crippen LogP contribution in [0.25, 0.3) is 0 Å². The molecule has 60 valence electrons. The first-order valence-electron chi connectivity index (χ1n) is 3.29. The summed E-state index contributed by atoms with van der Waals surface area (Å²) in [6.07, 6.45) is 2.05. The van der Waals surface area contributed by atoms with Crippen LogP contribution in [-0.2, 0) is 16.3 Å². The summed E-state index contributed by atoms with van der Waals surface area (Å²) in [6.45, 7) is 1.94. The van der Waals surface area contributed by atoms with Gasteiger partial charge >= 0.3 is 0 Å². The van der Waals surface area contributed by atoms with Crippen LogP contribution < -0.4 is 5.14 Å². The highest BCUT2D eigenvalue weighted by Crippen LogP contribution is 2.04. The van der Waals surface area contributed by atoms with Gasteiger partial charge in [0.25, 0.3) is 0 Å². The minimum Gasteiger partial charge on any atom is -0.579 e. The van der Waals surface area contributed by atoms with Crippen molar-refractivity contribution in [2.45, 2.75) is 12.8 Å². The highest BCUT2D eigenvalue weighted by molar-refractivity contribution is 7.86.